The van der Waals surface area contributed by atoms with Crippen molar-refractivity contribution >= 4 is 0 Å². The fourth-order valence-electron chi connectivity index (χ4n) is 3.54. The molecule has 0 aromatic rings. The first-order valence-corrected chi connectivity index (χ1v) is 6.98. The van der Waals surface area contributed by atoms with Crippen LogP contribution in [0.3, 0.4) is 0 Å². The van der Waals surface area contributed by atoms with Gasteiger partial charge in [0.05, 0.1) is 6.61 Å². The maximum atomic E-state index is 6.16. The number of likely N-dealkylation sites (N-methyl/N-ethyl adjacent to an activating group) is 1. The highest BCUT2D eigenvalue weighted by Crippen LogP contribution is 2.41. The van der Waals surface area contributed by atoms with Crippen molar-refractivity contribution in [2.45, 2.75) is 45.1 Å². The first-order valence-electron chi connectivity index (χ1n) is 6.98. The second kappa shape index (κ2) is 6.72. The van der Waals surface area contributed by atoms with Gasteiger partial charge in [0.1, 0.15) is 0 Å². The van der Waals surface area contributed by atoms with E-state index in [1.807, 2.05) is 0 Å². The lowest BCUT2D eigenvalue weighted by molar-refractivity contribution is -0.00861. The summed E-state index contributed by atoms with van der Waals surface area (Å²) in [6, 6.07) is 0. The fraction of sp³-hybridized carbons (Fsp3) is 1.00. The lowest BCUT2D eigenvalue weighted by atomic mass is 9.67. The Morgan fingerprint density at radius 1 is 1.41 bits per heavy atom. The van der Waals surface area contributed by atoms with Crippen LogP contribution in [0.25, 0.3) is 0 Å². The van der Waals surface area contributed by atoms with E-state index in [4.69, 9.17) is 10.5 Å². The van der Waals surface area contributed by atoms with Crippen molar-refractivity contribution in [3.05, 3.63) is 0 Å². The quantitative estimate of drug-likeness (QED) is 0.775. The molecule has 0 saturated heterocycles. The molecule has 0 heterocycles. The molecule has 3 nitrogen and oxygen atoms in total. The molecular weight excluding hydrogens is 212 g/mol. The summed E-state index contributed by atoms with van der Waals surface area (Å²) in [4.78, 5) is 2.46. The average Bonchev–Trinajstić information content (AvgIpc) is 2.35. The van der Waals surface area contributed by atoms with Gasteiger partial charge in [0.2, 0.25) is 0 Å². The molecule has 1 aliphatic carbocycles. The molecule has 0 amide bonds. The van der Waals surface area contributed by atoms with Gasteiger partial charge in [0.15, 0.2) is 0 Å². The summed E-state index contributed by atoms with van der Waals surface area (Å²) in [7, 11) is 3.98. The van der Waals surface area contributed by atoms with Gasteiger partial charge in [-0.25, -0.2) is 0 Å². The summed E-state index contributed by atoms with van der Waals surface area (Å²) in [5.74, 6) is 1.44. The predicted octanol–water partition coefficient (Wildman–Crippen LogP) is 2.11. The number of methoxy groups -OCH3 is 1. The third-order valence-electron chi connectivity index (χ3n) is 4.61. The summed E-state index contributed by atoms with van der Waals surface area (Å²) in [5, 5.41) is 0. The third-order valence-corrected chi connectivity index (χ3v) is 4.61. The molecule has 1 aliphatic rings. The van der Waals surface area contributed by atoms with Crippen molar-refractivity contribution in [1.29, 1.82) is 0 Å². The Kier molecular flexibility index (Phi) is 5.90. The van der Waals surface area contributed by atoms with Crippen molar-refractivity contribution in [1.82, 2.24) is 4.90 Å². The van der Waals surface area contributed by atoms with Gasteiger partial charge in [-0.15, -0.1) is 0 Å². The molecule has 102 valence electrons. The standard InChI is InChI=1S/C14H30N2O/c1-12(2)13-7-5-6-8-14(13,11-15)16(3)9-10-17-4/h12-13H,5-11,15H2,1-4H3. The highest BCUT2D eigenvalue weighted by Gasteiger charge is 2.43. The van der Waals surface area contributed by atoms with Crippen LogP contribution in [0.5, 0.6) is 0 Å². The van der Waals surface area contributed by atoms with E-state index < -0.39 is 0 Å². The van der Waals surface area contributed by atoms with Gasteiger partial charge >= 0.3 is 0 Å². The number of hydrogen-bond donors (Lipinski definition) is 1. The van der Waals surface area contributed by atoms with E-state index in [2.05, 4.69) is 25.8 Å². The molecule has 17 heavy (non-hydrogen) atoms. The topological polar surface area (TPSA) is 38.5 Å². The van der Waals surface area contributed by atoms with Gasteiger partial charge in [0.25, 0.3) is 0 Å². The number of ether oxygens (including phenoxy) is 1. The monoisotopic (exact) mass is 242 g/mol. The van der Waals surface area contributed by atoms with Crippen LogP contribution in [0, 0.1) is 11.8 Å². The Morgan fingerprint density at radius 3 is 2.65 bits per heavy atom. The normalized spacial score (nSPS) is 30.2. The molecule has 0 radical (unpaired) electrons. The van der Waals surface area contributed by atoms with Crippen LogP contribution >= 0.6 is 0 Å². The van der Waals surface area contributed by atoms with Gasteiger partial charge < -0.3 is 10.5 Å². The molecule has 1 rings (SSSR count). The molecule has 0 aliphatic heterocycles. The first kappa shape index (κ1) is 14.9. The van der Waals surface area contributed by atoms with Crippen LogP contribution < -0.4 is 5.73 Å². The number of nitrogens with two attached hydrogens (primary N) is 1. The van der Waals surface area contributed by atoms with E-state index in [-0.39, 0.29) is 5.54 Å². The van der Waals surface area contributed by atoms with E-state index in [0.29, 0.717) is 5.92 Å². The minimum Gasteiger partial charge on any atom is -0.383 e. The SMILES string of the molecule is COCCN(C)C1(CN)CCCCC1C(C)C. The zero-order valence-electron chi connectivity index (χ0n) is 12.0. The predicted molar refractivity (Wildman–Crippen MR) is 73.1 cm³/mol. The zero-order valence-corrected chi connectivity index (χ0v) is 12.0. The van der Waals surface area contributed by atoms with Gasteiger partial charge in [-0.2, -0.15) is 0 Å². The van der Waals surface area contributed by atoms with Crippen LogP contribution in [-0.4, -0.2) is 44.3 Å². The first-order chi connectivity index (χ1) is 8.08. The molecule has 0 aromatic carbocycles. The van der Waals surface area contributed by atoms with Gasteiger partial charge in [-0.3, -0.25) is 4.90 Å². The van der Waals surface area contributed by atoms with Crippen molar-refractivity contribution < 1.29 is 4.74 Å². The smallest absolute Gasteiger partial charge is 0.0589 e. The highest BCUT2D eigenvalue weighted by molar-refractivity contribution is 4.99. The Bertz CT molecular complexity index is 220. The fourth-order valence-corrected chi connectivity index (χ4v) is 3.54. The Balaban J connectivity index is 2.80. The zero-order chi connectivity index (χ0) is 12.9. The number of hydrogen-bond acceptors (Lipinski definition) is 3. The maximum absolute atomic E-state index is 6.16. The molecule has 1 saturated carbocycles. The van der Waals surface area contributed by atoms with Crippen LogP contribution in [0.15, 0.2) is 0 Å². The molecule has 1 fully saturated rings. The molecule has 0 bridgehead atoms. The van der Waals surface area contributed by atoms with Crippen LogP contribution in [0.4, 0.5) is 0 Å². The summed E-state index contributed by atoms with van der Waals surface area (Å²) in [6.07, 6.45) is 5.25. The van der Waals surface area contributed by atoms with Gasteiger partial charge in [-0.05, 0) is 31.7 Å². The Hall–Kier alpha value is -0.120. The van der Waals surface area contributed by atoms with Crippen molar-refractivity contribution in [2.24, 2.45) is 17.6 Å². The molecule has 3 heteroatoms. The minimum atomic E-state index is 0.199. The largest absolute Gasteiger partial charge is 0.383 e. The molecule has 0 spiro atoms. The van der Waals surface area contributed by atoms with Gasteiger partial charge in [0, 0.05) is 25.7 Å². The number of rotatable bonds is 6. The molecule has 0 aromatic heterocycles. The van der Waals surface area contributed by atoms with Crippen molar-refractivity contribution in [3.8, 4) is 0 Å². The second-order valence-corrected chi connectivity index (χ2v) is 5.82. The molecule has 2 unspecified atom stereocenters. The molecular formula is C14H30N2O. The van der Waals surface area contributed by atoms with Crippen LogP contribution in [-0.2, 0) is 4.74 Å². The lowest BCUT2D eigenvalue weighted by Gasteiger charge is -2.51. The summed E-state index contributed by atoms with van der Waals surface area (Å²) >= 11 is 0. The number of nitrogens with zero attached hydrogens (tertiary/aromatic N) is 1. The van der Waals surface area contributed by atoms with E-state index in [1.165, 1.54) is 25.7 Å². The molecule has 2 N–H and O–H groups in total. The van der Waals surface area contributed by atoms with E-state index >= 15 is 0 Å². The van der Waals surface area contributed by atoms with Crippen LogP contribution in [0.2, 0.25) is 0 Å². The lowest BCUT2D eigenvalue weighted by Crippen LogP contribution is -2.60. The van der Waals surface area contributed by atoms with E-state index in [1.54, 1.807) is 7.11 Å². The average molecular weight is 242 g/mol. The summed E-state index contributed by atoms with van der Waals surface area (Å²) in [5.41, 5.74) is 6.36. The van der Waals surface area contributed by atoms with E-state index in [9.17, 15) is 0 Å². The second-order valence-electron chi connectivity index (χ2n) is 5.82. The minimum absolute atomic E-state index is 0.199. The summed E-state index contributed by atoms with van der Waals surface area (Å²) < 4.78 is 5.21. The Morgan fingerprint density at radius 2 is 2.12 bits per heavy atom. The molecule has 2 atom stereocenters. The highest BCUT2D eigenvalue weighted by atomic mass is 16.5. The summed E-state index contributed by atoms with van der Waals surface area (Å²) in [6.45, 7) is 7.23. The van der Waals surface area contributed by atoms with Gasteiger partial charge in [-0.1, -0.05) is 26.7 Å². The van der Waals surface area contributed by atoms with E-state index in [0.717, 1.165) is 25.6 Å². The third kappa shape index (κ3) is 3.21. The maximum Gasteiger partial charge on any atom is 0.0589 e. The van der Waals surface area contributed by atoms with Crippen molar-refractivity contribution in [3.63, 3.8) is 0 Å². The Labute approximate surface area is 107 Å². The van der Waals surface area contributed by atoms with Crippen molar-refractivity contribution in [2.75, 3.05) is 33.9 Å². The van der Waals surface area contributed by atoms with Crippen LogP contribution in [0.1, 0.15) is 39.5 Å².